The van der Waals surface area contributed by atoms with Gasteiger partial charge in [0, 0.05) is 38.7 Å². The second-order valence-electron chi connectivity index (χ2n) is 6.42. The van der Waals surface area contributed by atoms with Crippen LogP contribution in [0.4, 0.5) is 0 Å². The molecule has 0 saturated heterocycles. The molecule has 1 atom stereocenters. The van der Waals surface area contributed by atoms with Crippen molar-refractivity contribution in [1.82, 2.24) is 10.2 Å². The number of halogens is 4. The van der Waals surface area contributed by atoms with Crippen molar-refractivity contribution in [2.24, 2.45) is 0 Å². The third-order valence-electron chi connectivity index (χ3n) is 4.52. The molecule has 29 heavy (non-hydrogen) atoms. The Bertz CT molecular complexity index is 848. The molecule has 0 unspecified atom stereocenters. The van der Waals surface area contributed by atoms with E-state index in [4.69, 9.17) is 46.4 Å². The summed E-state index contributed by atoms with van der Waals surface area (Å²) in [5.74, 6) is -0.536. The van der Waals surface area contributed by atoms with Gasteiger partial charge in [-0.15, -0.1) is 0 Å². The van der Waals surface area contributed by atoms with Crippen molar-refractivity contribution in [2.75, 3.05) is 6.54 Å². The minimum absolute atomic E-state index is 0.0452. The van der Waals surface area contributed by atoms with Crippen LogP contribution in [0.3, 0.4) is 0 Å². The fourth-order valence-corrected chi connectivity index (χ4v) is 4.07. The quantitative estimate of drug-likeness (QED) is 0.525. The fourth-order valence-electron chi connectivity index (χ4n) is 3.02. The zero-order valence-corrected chi connectivity index (χ0v) is 19.2. The van der Waals surface area contributed by atoms with E-state index < -0.39 is 6.04 Å². The van der Waals surface area contributed by atoms with E-state index in [0.717, 1.165) is 0 Å². The van der Waals surface area contributed by atoms with Gasteiger partial charge in [0.2, 0.25) is 11.8 Å². The Morgan fingerprint density at radius 2 is 1.38 bits per heavy atom. The number of benzene rings is 2. The molecule has 0 radical (unpaired) electrons. The number of hydrogen-bond acceptors (Lipinski definition) is 2. The monoisotopic (exact) mass is 474 g/mol. The maximum atomic E-state index is 13.3. The number of carbonyl (C=O) groups is 2. The van der Waals surface area contributed by atoms with Crippen LogP contribution in [0.5, 0.6) is 0 Å². The summed E-state index contributed by atoms with van der Waals surface area (Å²) in [5, 5.41) is 4.43. The SMILES string of the molecule is CCNC(=O)[C@@H](CC)N(Cc1c(Cl)cccc1Cl)C(=O)Cc1c(Cl)cccc1Cl. The molecule has 0 bridgehead atoms. The lowest BCUT2D eigenvalue weighted by Gasteiger charge is -2.31. The Kier molecular flexibility index (Phi) is 9.09. The number of likely N-dealkylation sites (N-methyl/N-ethyl adjacent to an activating group) is 1. The van der Waals surface area contributed by atoms with Gasteiger partial charge in [-0.05, 0) is 43.2 Å². The molecule has 0 aliphatic carbocycles. The molecule has 156 valence electrons. The van der Waals surface area contributed by atoms with Crippen LogP contribution in [0.2, 0.25) is 20.1 Å². The average Bonchev–Trinajstić information content (AvgIpc) is 2.67. The van der Waals surface area contributed by atoms with E-state index in [9.17, 15) is 9.59 Å². The summed E-state index contributed by atoms with van der Waals surface area (Å²) in [5.41, 5.74) is 1.10. The summed E-state index contributed by atoms with van der Waals surface area (Å²) in [4.78, 5) is 27.4. The molecule has 0 aromatic heterocycles. The molecule has 2 aromatic rings. The number of amides is 2. The largest absolute Gasteiger partial charge is 0.355 e. The van der Waals surface area contributed by atoms with Crippen LogP contribution in [0, 0.1) is 0 Å². The number of hydrogen-bond donors (Lipinski definition) is 1. The van der Waals surface area contributed by atoms with Crippen molar-refractivity contribution < 1.29 is 9.59 Å². The molecule has 0 fully saturated rings. The van der Waals surface area contributed by atoms with E-state index in [0.29, 0.717) is 44.2 Å². The van der Waals surface area contributed by atoms with Gasteiger partial charge < -0.3 is 10.2 Å². The van der Waals surface area contributed by atoms with Crippen molar-refractivity contribution in [3.05, 3.63) is 67.6 Å². The van der Waals surface area contributed by atoms with E-state index in [1.165, 1.54) is 4.90 Å². The van der Waals surface area contributed by atoms with Gasteiger partial charge in [-0.3, -0.25) is 9.59 Å². The standard InChI is InChI=1S/C21H22Cl4N2O2/c1-3-19(21(29)26-4-2)27(12-14-17(24)9-6-10-18(14)25)20(28)11-13-15(22)7-5-8-16(13)23/h5-10,19H,3-4,11-12H2,1-2H3,(H,26,29)/t19-/m1/s1. The van der Waals surface area contributed by atoms with E-state index >= 15 is 0 Å². The van der Waals surface area contributed by atoms with Gasteiger partial charge in [-0.1, -0.05) is 65.5 Å². The zero-order valence-electron chi connectivity index (χ0n) is 16.1. The topological polar surface area (TPSA) is 49.4 Å². The van der Waals surface area contributed by atoms with Crippen LogP contribution in [0.1, 0.15) is 31.4 Å². The molecule has 4 nitrogen and oxygen atoms in total. The van der Waals surface area contributed by atoms with Gasteiger partial charge >= 0.3 is 0 Å². The first-order valence-corrected chi connectivity index (χ1v) is 10.7. The van der Waals surface area contributed by atoms with E-state index in [2.05, 4.69) is 5.32 Å². The normalized spacial score (nSPS) is 11.8. The number of nitrogens with zero attached hydrogens (tertiary/aromatic N) is 1. The average molecular weight is 476 g/mol. The maximum Gasteiger partial charge on any atom is 0.242 e. The first-order chi connectivity index (χ1) is 13.8. The highest BCUT2D eigenvalue weighted by molar-refractivity contribution is 6.36. The van der Waals surface area contributed by atoms with Crippen molar-refractivity contribution >= 4 is 58.2 Å². The summed E-state index contributed by atoms with van der Waals surface area (Å²) in [6.07, 6.45) is 0.381. The van der Waals surface area contributed by atoms with Gasteiger partial charge in [-0.25, -0.2) is 0 Å². The van der Waals surface area contributed by atoms with Crippen molar-refractivity contribution in [1.29, 1.82) is 0 Å². The Hall–Kier alpha value is -1.46. The maximum absolute atomic E-state index is 13.3. The van der Waals surface area contributed by atoms with Crippen LogP contribution in [0.25, 0.3) is 0 Å². The highest BCUT2D eigenvalue weighted by Crippen LogP contribution is 2.29. The molecule has 0 aliphatic rings. The predicted molar refractivity (Wildman–Crippen MR) is 120 cm³/mol. The first-order valence-electron chi connectivity index (χ1n) is 9.23. The predicted octanol–water partition coefficient (Wildman–Crippen LogP) is 5.79. The highest BCUT2D eigenvalue weighted by Gasteiger charge is 2.30. The molecule has 2 rings (SSSR count). The van der Waals surface area contributed by atoms with Gasteiger partial charge in [0.1, 0.15) is 6.04 Å². The lowest BCUT2D eigenvalue weighted by molar-refractivity contribution is -0.140. The van der Waals surface area contributed by atoms with Gasteiger partial charge in [0.05, 0.1) is 6.42 Å². The van der Waals surface area contributed by atoms with Crippen LogP contribution >= 0.6 is 46.4 Å². The molecule has 0 saturated carbocycles. The molecular formula is C21H22Cl4N2O2. The molecule has 8 heteroatoms. The van der Waals surface area contributed by atoms with Gasteiger partial charge in [0.15, 0.2) is 0 Å². The van der Waals surface area contributed by atoms with Crippen LogP contribution in [-0.2, 0) is 22.6 Å². The van der Waals surface area contributed by atoms with E-state index in [1.807, 2.05) is 13.8 Å². The van der Waals surface area contributed by atoms with Crippen molar-refractivity contribution in [3.63, 3.8) is 0 Å². The summed E-state index contributed by atoms with van der Waals surface area (Å²) in [6.45, 7) is 4.22. The number of nitrogens with one attached hydrogen (secondary N) is 1. The van der Waals surface area contributed by atoms with Gasteiger partial charge in [-0.2, -0.15) is 0 Å². The lowest BCUT2D eigenvalue weighted by atomic mass is 10.1. The van der Waals surface area contributed by atoms with Gasteiger partial charge in [0.25, 0.3) is 0 Å². The Labute approximate surface area is 191 Å². The Balaban J connectivity index is 2.42. The minimum atomic E-state index is -0.684. The van der Waals surface area contributed by atoms with Crippen molar-refractivity contribution in [3.8, 4) is 0 Å². The molecule has 2 amide bonds. The van der Waals surface area contributed by atoms with Crippen LogP contribution in [-0.4, -0.2) is 29.3 Å². The number of rotatable bonds is 8. The number of carbonyl (C=O) groups excluding carboxylic acids is 2. The third-order valence-corrected chi connectivity index (χ3v) is 5.93. The van der Waals surface area contributed by atoms with Crippen molar-refractivity contribution in [2.45, 2.75) is 39.3 Å². The molecule has 0 heterocycles. The molecule has 1 N–H and O–H groups in total. The summed E-state index contributed by atoms with van der Waals surface area (Å²) in [7, 11) is 0. The highest BCUT2D eigenvalue weighted by atomic mass is 35.5. The Morgan fingerprint density at radius 1 is 0.897 bits per heavy atom. The second-order valence-corrected chi connectivity index (χ2v) is 8.05. The van der Waals surface area contributed by atoms with Crippen LogP contribution in [0.15, 0.2) is 36.4 Å². The molecular weight excluding hydrogens is 454 g/mol. The smallest absolute Gasteiger partial charge is 0.242 e. The summed E-state index contributed by atoms with van der Waals surface area (Å²) in [6, 6.07) is 9.50. The zero-order chi connectivity index (χ0) is 21.6. The molecule has 0 spiro atoms. The molecule has 2 aromatic carbocycles. The third kappa shape index (κ3) is 6.02. The molecule has 0 aliphatic heterocycles. The van der Waals surface area contributed by atoms with E-state index in [1.54, 1.807) is 36.4 Å². The Morgan fingerprint density at radius 3 is 1.83 bits per heavy atom. The summed E-state index contributed by atoms with van der Waals surface area (Å²) >= 11 is 25.1. The minimum Gasteiger partial charge on any atom is -0.355 e. The summed E-state index contributed by atoms with van der Waals surface area (Å²) < 4.78 is 0. The van der Waals surface area contributed by atoms with Crippen LogP contribution < -0.4 is 5.32 Å². The first kappa shape index (κ1) is 23.8. The second kappa shape index (κ2) is 11.1. The fraction of sp³-hybridized carbons (Fsp3) is 0.333. The lowest BCUT2D eigenvalue weighted by Crippen LogP contribution is -2.49. The van der Waals surface area contributed by atoms with E-state index in [-0.39, 0.29) is 24.8 Å².